The molecule has 0 radical (unpaired) electrons. The van der Waals surface area contributed by atoms with Gasteiger partial charge in [0.2, 0.25) is 0 Å². The summed E-state index contributed by atoms with van der Waals surface area (Å²) in [5.41, 5.74) is 9.09. The van der Waals surface area contributed by atoms with Crippen molar-refractivity contribution in [1.82, 2.24) is 15.3 Å². The average molecular weight is 575 g/mol. The van der Waals surface area contributed by atoms with Crippen LogP contribution in [-0.2, 0) is 6.42 Å². The van der Waals surface area contributed by atoms with Gasteiger partial charge in [0.15, 0.2) is 0 Å². The maximum atomic E-state index is 9.72. The van der Waals surface area contributed by atoms with Crippen LogP contribution < -0.4 is 5.32 Å². The lowest BCUT2D eigenvalue weighted by Crippen LogP contribution is -2.38. The van der Waals surface area contributed by atoms with Crippen LogP contribution in [0, 0.1) is 6.92 Å². The Balaban J connectivity index is 0.00000248. The van der Waals surface area contributed by atoms with E-state index in [1.54, 1.807) is 12.1 Å². The summed E-state index contributed by atoms with van der Waals surface area (Å²) in [5.74, 6) is 0.258. The first-order valence-corrected chi connectivity index (χ1v) is 15.0. The second-order valence-electron chi connectivity index (χ2n) is 10.6. The molecule has 0 amide bonds. The summed E-state index contributed by atoms with van der Waals surface area (Å²) < 4.78 is 0. The fraction of sp³-hybridized carbons (Fsp3) is 0.263. The van der Waals surface area contributed by atoms with Crippen molar-refractivity contribution in [2.45, 2.75) is 53.5 Å². The molecule has 0 aliphatic carbocycles. The van der Waals surface area contributed by atoms with Gasteiger partial charge in [-0.2, -0.15) is 5.10 Å². The van der Waals surface area contributed by atoms with Gasteiger partial charge in [-0.05, 0) is 79.3 Å². The fourth-order valence-corrected chi connectivity index (χ4v) is 4.71. The molecule has 224 valence electrons. The Labute approximate surface area is 258 Å². The third kappa shape index (κ3) is 9.71. The van der Waals surface area contributed by atoms with Crippen molar-refractivity contribution in [2.24, 2.45) is 5.10 Å². The summed E-state index contributed by atoms with van der Waals surface area (Å²) in [6, 6.07) is 24.2. The molecular formula is C38H46N4O. The van der Waals surface area contributed by atoms with Crippen molar-refractivity contribution in [3.8, 4) is 5.75 Å². The van der Waals surface area contributed by atoms with Crippen molar-refractivity contribution in [3.63, 3.8) is 0 Å². The van der Waals surface area contributed by atoms with E-state index in [4.69, 9.17) is 4.98 Å². The Bertz CT molecular complexity index is 1570. The molecule has 0 aliphatic heterocycles. The number of likely N-dealkylation sites (N-methyl/N-ethyl adjacent to an activating group) is 1. The molecular weight excluding hydrogens is 528 g/mol. The number of nitrogens with zero attached hydrogens (tertiary/aromatic N) is 3. The van der Waals surface area contributed by atoms with E-state index in [1.807, 2.05) is 51.2 Å². The van der Waals surface area contributed by atoms with Crippen LogP contribution in [0.1, 0.15) is 67.6 Å². The zero-order valence-corrected chi connectivity index (χ0v) is 26.6. The Morgan fingerprint density at radius 2 is 1.63 bits per heavy atom. The van der Waals surface area contributed by atoms with E-state index in [1.165, 1.54) is 11.1 Å². The molecule has 0 saturated carbocycles. The first kappa shape index (κ1) is 32.9. The number of pyridine rings is 1. The topological polar surface area (TPSA) is 60.8 Å². The van der Waals surface area contributed by atoms with Crippen LogP contribution >= 0.6 is 0 Å². The third-order valence-electron chi connectivity index (χ3n) is 6.89. The molecule has 2 N–H and O–H groups in total. The van der Waals surface area contributed by atoms with Gasteiger partial charge in [0, 0.05) is 24.7 Å². The zero-order valence-electron chi connectivity index (χ0n) is 26.6. The number of aryl methyl sites for hydroxylation is 1. The predicted molar refractivity (Wildman–Crippen MR) is 187 cm³/mol. The van der Waals surface area contributed by atoms with Gasteiger partial charge < -0.3 is 10.4 Å². The van der Waals surface area contributed by atoms with Gasteiger partial charge in [-0.15, -0.1) is 0 Å². The number of fused-ring (bicyclic) bond motifs is 1. The lowest BCUT2D eigenvalue weighted by atomic mass is 9.99. The lowest BCUT2D eigenvalue weighted by Gasteiger charge is -2.25. The molecule has 3 aromatic carbocycles. The van der Waals surface area contributed by atoms with Crippen LogP contribution in [0.4, 0.5) is 0 Å². The number of phenols is 1. The van der Waals surface area contributed by atoms with E-state index in [9.17, 15) is 5.11 Å². The number of benzene rings is 3. The van der Waals surface area contributed by atoms with Gasteiger partial charge in [0.25, 0.3) is 0 Å². The SMILES string of the molecule is C=C(NC(Cc1ccc(O)cc1)CN(C)/N=C\CC)c1cc(C(=C)C)c2cc(/C=C/c3ccc(C)cc3)ccc2n1.CC. The molecule has 43 heavy (non-hydrogen) atoms. The standard InChI is InChI=1S/C36H40N4O.C2H6/c1-7-20-37-40(6)24-31(21-29-14-17-32(41)18-15-29)38-27(5)36-23-33(25(2)3)34-22-30(16-19-35(34)39-36)13-12-28-10-8-26(4)9-11-28;1-2/h8-20,22-23,31,38,41H,2,5,7,21,24H2,1,3-4,6H3;1-2H3/b13-12+,37-20-;. The Morgan fingerprint density at radius 3 is 2.28 bits per heavy atom. The molecule has 1 unspecified atom stereocenters. The second kappa shape index (κ2) is 16.1. The van der Waals surface area contributed by atoms with E-state index in [0.717, 1.165) is 57.4 Å². The summed E-state index contributed by atoms with van der Waals surface area (Å²) in [4.78, 5) is 4.98. The van der Waals surface area contributed by atoms with Crippen molar-refractivity contribution in [1.29, 1.82) is 0 Å². The zero-order chi connectivity index (χ0) is 31.4. The third-order valence-corrected chi connectivity index (χ3v) is 6.89. The van der Waals surface area contributed by atoms with Crippen molar-refractivity contribution < 1.29 is 5.11 Å². The predicted octanol–water partition coefficient (Wildman–Crippen LogP) is 8.98. The number of phenolic OH excluding ortho intramolecular Hbond substituents is 1. The maximum absolute atomic E-state index is 9.72. The molecule has 0 aliphatic rings. The largest absolute Gasteiger partial charge is 0.508 e. The number of hydrogen-bond donors (Lipinski definition) is 2. The molecule has 0 saturated heterocycles. The molecule has 4 rings (SSSR count). The monoisotopic (exact) mass is 574 g/mol. The molecule has 1 heterocycles. The molecule has 1 atom stereocenters. The van der Waals surface area contributed by atoms with Gasteiger partial charge >= 0.3 is 0 Å². The number of aromatic nitrogens is 1. The average Bonchev–Trinajstić information content (AvgIpc) is 3.01. The second-order valence-corrected chi connectivity index (χ2v) is 10.6. The van der Waals surface area contributed by atoms with Crippen LogP contribution in [0.3, 0.4) is 0 Å². The lowest BCUT2D eigenvalue weighted by molar-refractivity contribution is 0.314. The Morgan fingerprint density at radius 1 is 0.977 bits per heavy atom. The van der Waals surface area contributed by atoms with Gasteiger partial charge in [-0.3, -0.25) is 5.01 Å². The first-order valence-electron chi connectivity index (χ1n) is 15.0. The van der Waals surface area contributed by atoms with Crippen LogP contribution in [0.5, 0.6) is 5.75 Å². The summed E-state index contributed by atoms with van der Waals surface area (Å²) in [7, 11) is 1.97. The highest BCUT2D eigenvalue weighted by atomic mass is 16.3. The molecule has 5 nitrogen and oxygen atoms in total. The van der Waals surface area contributed by atoms with Crippen LogP contribution in [0.25, 0.3) is 34.3 Å². The van der Waals surface area contributed by atoms with E-state index in [0.29, 0.717) is 6.54 Å². The highest BCUT2D eigenvalue weighted by molar-refractivity contribution is 5.94. The molecule has 1 aromatic heterocycles. The molecule has 0 fully saturated rings. The van der Waals surface area contributed by atoms with Crippen LogP contribution in [0.15, 0.2) is 91.1 Å². The highest BCUT2D eigenvalue weighted by Gasteiger charge is 2.16. The molecule has 0 bridgehead atoms. The summed E-state index contributed by atoms with van der Waals surface area (Å²) in [6.07, 6.45) is 7.78. The van der Waals surface area contributed by atoms with E-state index < -0.39 is 0 Å². The minimum Gasteiger partial charge on any atom is -0.508 e. The number of nitrogens with one attached hydrogen (secondary N) is 1. The number of allylic oxidation sites excluding steroid dienone is 1. The van der Waals surface area contributed by atoms with Crippen molar-refractivity contribution >= 4 is 40.5 Å². The van der Waals surface area contributed by atoms with Crippen molar-refractivity contribution in [3.05, 3.63) is 119 Å². The highest BCUT2D eigenvalue weighted by Crippen LogP contribution is 2.28. The molecule has 4 aromatic rings. The number of hydrogen-bond acceptors (Lipinski definition) is 5. The Kier molecular flexibility index (Phi) is 12.3. The van der Waals surface area contributed by atoms with Gasteiger partial charge in [-0.25, -0.2) is 4.98 Å². The number of aromatic hydroxyl groups is 1. The number of rotatable bonds is 12. The van der Waals surface area contributed by atoms with Gasteiger partial charge in [0.1, 0.15) is 5.75 Å². The molecule has 0 spiro atoms. The minimum atomic E-state index is 0.0195. The fourth-order valence-electron chi connectivity index (χ4n) is 4.71. The summed E-state index contributed by atoms with van der Waals surface area (Å²) in [5, 5.41) is 20.8. The molecule has 5 heteroatoms. The minimum absolute atomic E-state index is 0.0195. The van der Waals surface area contributed by atoms with E-state index >= 15 is 0 Å². The number of hydrazone groups is 1. The van der Waals surface area contributed by atoms with Crippen LogP contribution in [0.2, 0.25) is 0 Å². The summed E-state index contributed by atoms with van der Waals surface area (Å²) in [6.45, 7) is 19.5. The van der Waals surface area contributed by atoms with E-state index in [2.05, 4.69) is 98.1 Å². The normalized spacial score (nSPS) is 11.8. The smallest absolute Gasteiger partial charge is 0.115 e. The first-order chi connectivity index (χ1) is 20.7. The van der Waals surface area contributed by atoms with Crippen LogP contribution in [-0.4, -0.2) is 40.9 Å². The van der Waals surface area contributed by atoms with Crippen molar-refractivity contribution in [2.75, 3.05) is 13.6 Å². The summed E-state index contributed by atoms with van der Waals surface area (Å²) >= 11 is 0. The van der Waals surface area contributed by atoms with Gasteiger partial charge in [0.05, 0.1) is 23.5 Å². The quantitative estimate of drug-likeness (QED) is 0.101. The van der Waals surface area contributed by atoms with Gasteiger partial charge in [-0.1, -0.05) is 99.7 Å². The maximum Gasteiger partial charge on any atom is 0.115 e. The Hall–Kier alpha value is -4.64. The van der Waals surface area contributed by atoms with E-state index in [-0.39, 0.29) is 11.8 Å².